The van der Waals surface area contributed by atoms with E-state index in [-0.39, 0.29) is 6.79 Å². The molecule has 0 radical (unpaired) electrons. The smallest absolute Gasteiger partial charge is 0.188 e. The van der Waals surface area contributed by atoms with Crippen LogP contribution >= 0.6 is 0 Å². The summed E-state index contributed by atoms with van der Waals surface area (Å²) < 4.78 is 10.3. The van der Waals surface area contributed by atoms with Crippen LogP contribution in [0.4, 0.5) is 0 Å². The van der Waals surface area contributed by atoms with E-state index in [1.165, 1.54) is 0 Å². The zero-order valence-corrected chi connectivity index (χ0v) is 9.32. The monoisotopic (exact) mass is 208 g/mol. The Bertz CT molecular complexity index is 332. The number of rotatable bonds is 5. The second-order valence-electron chi connectivity index (χ2n) is 3.59. The van der Waals surface area contributed by atoms with E-state index in [0.717, 1.165) is 11.8 Å². The van der Waals surface area contributed by atoms with E-state index >= 15 is 0 Å². The average Bonchev–Trinajstić information content (AvgIpc) is 2.25. The van der Waals surface area contributed by atoms with Crippen molar-refractivity contribution in [3.63, 3.8) is 0 Å². The van der Waals surface area contributed by atoms with Crippen molar-refractivity contribution >= 4 is 6.29 Å². The Balaban J connectivity index is 3.08. The van der Waals surface area contributed by atoms with Crippen LogP contribution in [0.15, 0.2) is 18.2 Å². The van der Waals surface area contributed by atoms with Crippen molar-refractivity contribution in [3.8, 4) is 5.75 Å². The summed E-state index contributed by atoms with van der Waals surface area (Å²) in [5.41, 5.74) is 1.59. The van der Waals surface area contributed by atoms with Crippen LogP contribution in [0.1, 0.15) is 35.7 Å². The lowest BCUT2D eigenvalue weighted by molar-refractivity contribution is 0.0497. The summed E-state index contributed by atoms with van der Waals surface area (Å²) in [6, 6.07) is 5.56. The summed E-state index contributed by atoms with van der Waals surface area (Å²) >= 11 is 0. The summed E-state index contributed by atoms with van der Waals surface area (Å²) in [6.07, 6.45) is 0.802. The van der Waals surface area contributed by atoms with Crippen LogP contribution in [0.5, 0.6) is 5.75 Å². The zero-order valence-electron chi connectivity index (χ0n) is 9.32. The number of methoxy groups -OCH3 is 1. The normalized spacial score (nSPS) is 10.4. The number of para-hydroxylation sites is 1. The fraction of sp³-hybridized carbons (Fsp3) is 0.417. The molecule has 0 heterocycles. The minimum atomic E-state index is 0.157. The van der Waals surface area contributed by atoms with Crippen molar-refractivity contribution in [2.24, 2.45) is 0 Å². The van der Waals surface area contributed by atoms with Crippen LogP contribution in [0.25, 0.3) is 0 Å². The maximum atomic E-state index is 10.8. The first kappa shape index (κ1) is 11.7. The van der Waals surface area contributed by atoms with Gasteiger partial charge in [-0.3, -0.25) is 4.79 Å². The highest BCUT2D eigenvalue weighted by Gasteiger charge is 2.11. The SMILES string of the molecule is COCOc1c(C=O)cccc1C(C)C. The topological polar surface area (TPSA) is 35.5 Å². The molecule has 3 heteroatoms. The van der Waals surface area contributed by atoms with Crippen molar-refractivity contribution < 1.29 is 14.3 Å². The van der Waals surface area contributed by atoms with Gasteiger partial charge in [-0.15, -0.1) is 0 Å². The molecule has 0 aliphatic rings. The molecular formula is C12H16O3. The van der Waals surface area contributed by atoms with Crippen molar-refractivity contribution in [2.45, 2.75) is 19.8 Å². The van der Waals surface area contributed by atoms with Gasteiger partial charge in [0.15, 0.2) is 13.1 Å². The van der Waals surface area contributed by atoms with Gasteiger partial charge in [0.25, 0.3) is 0 Å². The summed E-state index contributed by atoms with van der Waals surface area (Å²) in [7, 11) is 1.55. The van der Waals surface area contributed by atoms with Crippen LogP contribution in [0, 0.1) is 0 Å². The van der Waals surface area contributed by atoms with E-state index in [0.29, 0.717) is 17.2 Å². The van der Waals surface area contributed by atoms with Crippen molar-refractivity contribution in [1.82, 2.24) is 0 Å². The van der Waals surface area contributed by atoms with Gasteiger partial charge in [-0.1, -0.05) is 26.0 Å². The maximum Gasteiger partial charge on any atom is 0.188 e. The van der Waals surface area contributed by atoms with E-state index in [1.807, 2.05) is 12.1 Å². The molecule has 0 unspecified atom stereocenters. The van der Waals surface area contributed by atoms with E-state index in [2.05, 4.69) is 13.8 Å². The van der Waals surface area contributed by atoms with E-state index in [1.54, 1.807) is 13.2 Å². The standard InChI is InChI=1S/C12H16O3/c1-9(2)11-6-4-5-10(7-13)12(11)15-8-14-3/h4-7,9H,8H2,1-3H3. The minimum Gasteiger partial charge on any atom is -0.467 e. The highest BCUT2D eigenvalue weighted by atomic mass is 16.7. The quantitative estimate of drug-likeness (QED) is 0.551. The molecular weight excluding hydrogens is 192 g/mol. The molecule has 0 fully saturated rings. The summed E-state index contributed by atoms with van der Waals surface area (Å²) in [6.45, 7) is 4.28. The Kier molecular flexibility index (Phi) is 4.31. The average molecular weight is 208 g/mol. The fourth-order valence-electron chi connectivity index (χ4n) is 1.41. The number of hydrogen-bond donors (Lipinski definition) is 0. The van der Waals surface area contributed by atoms with Crippen LogP contribution < -0.4 is 4.74 Å². The Morgan fingerprint density at radius 1 is 1.40 bits per heavy atom. The second-order valence-corrected chi connectivity index (χ2v) is 3.59. The van der Waals surface area contributed by atoms with Gasteiger partial charge in [0, 0.05) is 7.11 Å². The molecule has 0 N–H and O–H groups in total. The largest absolute Gasteiger partial charge is 0.467 e. The van der Waals surface area contributed by atoms with Crippen molar-refractivity contribution in [1.29, 1.82) is 0 Å². The number of ether oxygens (including phenoxy) is 2. The molecule has 1 aromatic rings. The van der Waals surface area contributed by atoms with Gasteiger partial charge in [0.1, 0.15) is 5.75 Å². The first-order valence-corrected chi connectivity index (χ1v) is 4.90. The minimum absolute atomic E-state index is 0.157. The lowest BCUT2D eigenvalue weighted by atomic mass is 9.99. The van der Waals surface area contributed by atoms with Gasteiger partial charge in [0.2, 0.25) is 0 Å². The fourth-order valence-corrected chi connectivity index (χ4v) is 1.41. The molecule has 0 aliphatic heterocycles. The van der Waals surface area contributed by atoms with E-state index in [9.17, 15) is 4.79 Å². The predicted octanol–water partition coefficient (Wildman–Crippen LogP) is 2.61. The van der Waals surface area contributed by atoms with Gasteiger partial charge >= 0.3 is 0 Å². The number of carbonyl (C=O) groups is 1. The van der Waals surface area contributed by atoms with Gasteiger partial charge in [0.05, 0.1) is 5.56 Å². The molecule has 3 nitrogen and oxygen atoms in total. The lowest BCUT2D eigenvalue weighted by Gasteiger charge is -2.14. The number of hydrogen-bond acceptors (Lipinski definition) is 3. The van der Waals surface area contributed by atoms with Gasteiger partial charge in [-0.05, 0) is 17.5 Å². The van der Waals surface area contributed by atoms with Gasteiger partial charge in [-0.2, -0.15) is 0 Å². The number of carbonyl (C=O) groups excluding carboxylic acids is 1. The molecule has 0 aliphatic carbocycles. The maximum absolute atomic E-state index is 10.8. The third-order valence-electron chi connectivity index (χ3n) is 2.15. The van der Waals surface area contributed by atoms with Crippen molar-refractivity contribution in [3.05, 3.63) is 29.3 Å². The van der Waals surface area contributed by atoms with Gasteiger partial charge < -0.3 is 9.47 Å². The Morgan fingerprint density at radius 2 is 2.13 bits per heavy atom. The van der Waals surface area contributed by atoms with Crippen LogP contribution in [0.3, 0.4) is 0 Å². The first-order valence-electron chi connectivity index (χ1n) is 4.90. The third-order valence-corrected chi connectivity index (χ3v) is 2.15. The second kappa shape index (κ2) is 5.51. The molecule has 15 heavy (non-hydrogen) atoms. The molecule has 0 bridgehead atoms. The zero-order chi connectivity index (χ0) is 11.3. The highest BCUT2D eigenvalue weighted by molar-refractivity contribution is 5.80. The van der Waals surface area contributed by atoms with Crippen LogP contribution in [-0.2, 0) is 4.74 Å². The van der Waals surface area contributed by atoms with Crippen molar-refractivity contribution in [2.75, 3.05) is 13.9 Å². The molecule has 0 spiro atoms. The summed E-state index contributed by atoms with van der Waals surface area (Å²) in [5.74, 6) is 0.945. The molecule has 0 aromatic heterocycles. The molecule has 1 aromatic carbocycles. The third kappa shape index (κ3) is 2.80. The van der Waals surface area contributed by atoms with Gasteiger partial charge in [-0.25, -0.2) is 0 Å². The molecule has 1 rings (SSSR count). The Hall–Kier alpha value is -1.35. The summed E-state index contributed by atoms with van der Waals surface area (Å²) in [4.78, 5) is 10.8. The molecule has 0 saturated heterocycles. The molecule has 0 amide bonds. The number of aldehydes is 1. The Morgan fingerprint density at radius 3 is 2.67 bits per heavy atom. The van der Waals surface area contributed by atoms with Crippen LogP contribution in [0.2, 0.25) is 0 Å². The predicted molar refractivity (Wildman–Crippen MR) is 58.4 cm³/mol. The van der Waals surface area contributed by atoms with Crippen LogP contribution in [-0.4, -0.2) is 20.2 Å². The van der Waals surface area contributed by atoms with E-state index < -0.39 is 0 Å². The lowest BCUT2D eigenvalue weighted by Crippen LogP contribution is -2.05. The molecule has 0 saturated carbocycles. The van der Waals surface area contributed by atoms with E-state index in [4.69, 9.17) is 9.47 Å². The first-order chi connectivity index (χ1) is 7.20. The number of benzene rings is 1. The molecule has 0 atom stereocenters. The molecule has 82 valence electrons. The Labute approximate surface area is 90.0 Å². The highest BCUT2D eigenvalue weighted by Crippen LogP contribution is 2.29. The summed E-state index contributed by atoms with van der Waals surface area (Å²) in [5, 5.41) is 0.